The third-order valence-corrected chi connectivity index (χ3v) is 7.57. The molecule has 41 heavy (non-hydrogen) atoms. The Balaban J connectivity index is 1.32. The fourth-order valence-corrected chi connectivity index (χ4v) is 5.39. The predicted molar refractivity (Wildman–Crippen MR) is 159 cm³/mol. The summed E-state index contributed by atoms with van der Waals surface area (Å²) >= 11 is 0. The molecule has 0 atom stereocenters. The maximum atomic E-state index is 14.1. The minimum Gasteiger partial charge on any atom is -0.496 e. The third-order valence-electron chi connectivity index (χ3n) is 7.57. The van der Waals surface area contributed by atoms with Crippen molar-refractivity contribution < 1.29 is 14.3 Å². The molecule has 0 radical (unpaired) electrons. The molecule has 2 amide bonds. The average Bonchev–Trinajstić information content (AvgIpc) is 3.33. The zero-order valence-electron chi connectivity index (χ0n) is 23.0. The maximum Gasteiger partial charge on any atom is 0.268 e. The monoisotopic (exact) mass is 542 g/mol. The normalized spacial score (nSPS) is 12.2. The van der Waals surface area contributed by atoms with Gasteiger partial charge in [0, 0.05) is 41.4 Å². The third kappa shape index (κ3) is 5.10. The number of anilines is 1. The van der Waals surface area contributed by atoms with E-state index in [0.717, 1.165) is 39.2 Å². The molecule has 7 heteroatoms. The highest BCUT2D eigenvalue weighted by molar-refractivity contribution is 6.07. The molecule has 0 unspecified atom stereocenters. The summed E-state index contributed by atoms with van der Waals surface area (Å²) in [4.78, 5) is 33.1. The second-order valence-corrected chi connectivity index (χ2v) is 10.1. The molecule has 6 rings (SSSR count). The van der Waals surface area contributed by atoms with E-state index in [-0.39, 0.29) is 11.8 Å². The summed E-state index contributed by atoms with van der Waals surface area (Å²) in [5.41, 5.74) is 7.87. The Morgan fingerprint density at radius 1 is 0.878 bits per heavy atom. The van der Waals surface area contributed by atoms with Crippen molar-refractivity contribution in [3.8, 4) is 16.9 Å². The first-order valence-corrected chi connectivity index (χ1v) is 13.5. The summed E-state index contributed by atoms with van der Waals surface area (Å²) < 4.78 is 7.74. The van der Waals surface area contributed by atoms with E-state index in [1.54, 1.807) is 24.4 Å². The number of aromatic nitrogens is 2. The van der Waals surface area contributed by atoms with Gasteiger partial charge in [0.05, 0.1) is 20.2 Å². The van der Waals surface area contributed by atoms with Gasteiger partial charge in [0.25, 0.3) is 11.8 Å². The van der Waals surface area contributed by atoms with Gasteiger partial charge < -0.3 is 19.5 Å². The van der Waals surface area contributed by atoms with E-state index in [2.05, 4.69) is 29.4 Å². The van der Waals surface area contributed by atoms with Gasteiger partial charge in [0.2, 0.25) is 0 Å². The highest BCUT2D eigenvalue weighted by atomic mass is 16.5. The molecule has 0 aliphatic carbocycles. The minimum absolute atomic E-state index is 0.134. The number of rotatable bonds is 6. The van der Waals surface area contributed by atoms with Crippen molar-refractivity contribution in [1.82, 2.24) is 14.9 Å². The van der Waals surface area contributed by atoms with E-state index >= 15 is 0 Å². The van der Waals surface area contributed by atoms with Crippen LogP contribution < -0.4 is 15.0 Å². The van der Waals surface area contributed by atoms with Crippen LogP contribution in [-0.4, -0.2) is 28.5 Å². The van der Waals surface area contributed by atoms with E-state index < -0.39 is 0 Å². The Labute approximate surface area is 239 Å². The lowest BCUT2D eigenvalue weighted by molar-refractivity contribution is 0.0941. The first-order valence-electron chi connectivity index (χ1n) is 13.5. The average molecular weight is 543 g/mol. The summed E-state index contributed by atoms with van der Waals surface area (Å²) in [5.74, 6) is 0.344. The van der Waals surface area contributed by atoms with Crippen LogP contribution in [0.15, 0.2) is 103 Å². The summed E-state index contributed by atoms with van der Waals surface area (Å²) in [6, 6.07) is 29.1. The summed E-state index contributed by atoms with van der Waals surface area (Å²) in [5, 5.41) is 3.01. The number of nitrogens with one attached hydrogen (secondary N) is 1. The van der Waals surface area contributed by atoms with Gasteiger partial charge in [-0.15, -0.1) is 0 Å². The number of para-hydroxylation sites is 1. The number of benzene rings is 3. The molecule has 2 aromatic heterocycles. The number of hydrogen-bond donors (Lipinski definition) is 1. The van der Waals surface area contributed by atoms with Crippen LogP contribution in [0.5, 0.6) is 5.75 Å². The van der Waals surface area contributed by atoms with Crippen molar-refractivity contribution in [2.24, 2.45) is 0 Å². The van der Waals surface area contributed by atoms with Crippen molar-refractivity contribution in [3.05, 3.63) is 137 Å². The van der Waals surface area contributed by atoms with Crippen molar-refractivity contribution in [1.29, 1.82) is 0 Å². The van der Waals surface area contributed by atoms with Crippen LogP contribution in [0.25, 0.3) is 11.1 Å². The summed E-state index contributed by atoms with van der Waals surface area (Å²) in [6.07, 6.45) is 3.41. The molecule has 5 aromatic rings. The van der Waals surface area contributed by atoms with Gasteiger partial charge in [-0.2, -0.15) is 0 Å². The number of hydrogen-bond acceptors (Lipinski definition) is 4. The van der Waals surface area contributed by atoms with E-state index in [1.165, 1.54) is 0 Å². The van der Waals surface area contributed by atoms with E-state index in [4.69, 9.17) is 4.74 Å². The lowest BCUT2D eigenvalue weighted by Gasteiger charge is -2.23. The molecule has 204 valence electrons. The molecule has 0 spiro atoms. The van der Waals surface area contributed by atoms with Gasteiger partial charge in [-0.25, -0.2) is 0 Å². The van der Waals surface area contributed by atoms with Crippen molar-refractivity contribution in [3.63, 3.8) is 0 Å². The Bertz CT molecular complexity index is 1740. The lowest BCUT2D eigenvalue weighted by Crippen LogP contribution is -2.30. The Morgan fingerprint density at radius 3 is 2.46 bits per heavy atom. The quantitative estimate of drug-likeness (QED) is 0.285. The standard InChI is InChI=1S/C34H30N4O3/c1-23-7-3-5-9-28(23)29-13-11-25(19-32(29)41-2)34(40)38-22-27-12-14-31(33(39)36-20-24-15-17-35-18-16-24)37(27)21-26-8-4-6-10-30(26)38/h3-19H,20-22H2,1-2H3,(H,36,39). The van der Waals surface area contributed by atoms with Crippen LogP contribution in [0.1, 0.15) is 43.2 Å². The number of amides is 2. The van der Waals surface area contributed by atoms with Crippen LogP contribution in [0.2, 0.25) is 0 Å². The van der Waals surface area contributed by atoms with Crippen LogP contribution in [-0.2, 0) is 19.6 Å². The molecule has 0 bridgehead atoms. The van der Waals surface area contributed by atoms with Gasteiger partial charge in [-0.3, -0.25) is 14.6 Å². The number of aryl methyl sites for hydroxylation is 1. The Kier molecular flexibility index (Phi) is 7.08. The van der Waals surface area contributed by atoms with Gasteiger partial charge in [0.1, 0.15) is 11.4 Å². The molecule has 7 nitrogen and oxygen atoms in total. The molecule has 3 aromatic carbocycles. The number of carbonyl (C=O) groups is 2. The second kappa shape index (κ2) is 11.1. The fraction of sp³-hybridized carbons (Fsp3) is 0.147. The zero-order valence-corrected chi connectivity index (χ0v) is 23.0. The SMILES string of the molecule is COc1cc(C(=O)N2Cc3ccc(C(=O)NCc4ccncc4)n3Cc3ccccc32)ccc1-c1ccccc1C. The number of carbonyl (C=O) groups excluding carboxylic acids is 2. The number of ether oxygens (including phenoxy) is 1. The lowest BCUT2D eigenvalue weighted by atomic mass is 9.98. The van der Waals surface area contributed by atoms with Crippen molar-refractivity contribution >= 4 is 17.5 Å². The van der Waals surface area contributed by atoms with Gasteiger partial charge in [-0.1, -0.05) is 42.5 Å². The smallest absolute Gasteiger partial charge is 0.268 e. The second-order valence-electron chi connectivity index (χ2n) is 10.1. The first-order chi connectivity index (χ1) is 20.0. The van der Waals surface area contributed by atoms with Crippen LogP contribution in [0.3, 0.4) is 0 Å². The number of methoxy groups -OCH3 is 1. The summed E-state index contributed by atoms with van der Waals surface area (Å²) in [7, 11) is 1.63. The van der Waals surface area contributed by atoms with Crippen LogP contribution in [0.4, 0.5) is 5.69 Å². The fourth-order valence-electron chi connectivity index (χ4n) is 5.39. The van der Waals surface area contributed by atoms with E-state index in [9.17, 15) is 9.59 Å². The van der Waals surface area contributed by atoms with Crippen molar-refractivity contribution in [2.45, 2.75) is 26.6 Å². The molecule has 0 fully saturated rings. The molecule has 1 N–H and O–H groups in total. The predicted octanol–water partition coefficient (Wildman–Crippen LogP) is 6.01. The zero-order chi connectivity index (χ0) is 28.3. The molecule has 0 saturated carbocycles. The molecular formula is C34H30N4O3. The molecular weight excluding hydrogens is 512 g/mol. The Morgan fingerprint density at radius 2 is 1.66 bits per heavy atom. The maximum absolute atomic E-state index is 14.1. The molecule has 3 heterocycles. The highest BCUT2D eigenvalue weighted by Gasteiger charge is 2.28. The number of nitrogens with zero attached hydrogens (tertiary/aromatic N) is 3. The highest BCUT2D eigenvalue weighted by Crippen LogP contribution is 2.35. The first kappa shape index (κ1) is 26.1. The topological polar surface area (TPSA) is 76.5 Å². The minimum atomic E-state index is -0.165. The number of pyridine rings is 1. The summed E-state index contributed by atoms with van der Waals surface area (Å²) in [6.45, 7) is 3.28. The van der Waals surface area contributed by atoms with Crippen LogP contribution >= 0.6 is 0 Å². The molecule has 0 saturated heterocycles. The Hall–Kier alpha value is -5.17. The van der Waals surface area contributed by atoms with E-state index in [0.29, 0.717) is 36.6 Å². The largest absolute Gasteiger partial charge is 0.496 e. The van der Waals surface area contributed by atoms with Gasteiger partial charge in [-0.05, 0) is 77.7 Å². The van der Waals surface area contributed by atoms with Crippen LogP contribution in [0, 0.1) is 6.92 Å². The van der Waals surface area contributed by atoms with E-state index in [1.807, 2.05) is 83.4 Å². The number of fused-ring (bicyclic) bond motifs is 2. The van der Waals surface area contributed by atoms with Gasteiger partial charge in [0.15, 0.2) is 0 Å². The molecule has 1 aliphatic heterocycles. The van der Waals surface area contributed by atoms with Crippen molar-refractivity contribution in [2.75, 3.05) is 12.0 Å². The van der Waals surface area contributed by atoms with Gasteiger partial charge >= 0.3 is 0 Å². The molecule has 1 aliphatic rings.